The van der Waals surface area contributed by atoms with Crippen LogP contribution in [0, 0.1) is 0 Å². The molecule has 0 heterocycles. The van der Waals surface area contributed by atoms with Gasteiger partial charge in [-0.1, -0.05) is 36.4 Å². The van der Waals surface area contributed by atoms with Gasteiger partial charge in [0.15, 0.2) is 0 Å². The second-order valence-corrected chi connectivity index (χ2v) is 4.59. The Balaban J connectivity index is 2.30. The summed E-state index contributed by atoms with van der Waals surface area (Å²) in [6.07, 6.45) is 3.80. The van der Waals surface area contributed by atoms with Crippen LogP contribution >= 0.6 is 0 Å². The Morgan fingerprint density at radius 3 is 2.88 bits per heavy atom. The zero-order chi connectivity index (χ0) is 11.0. The van der Waals surface area contributed by atoms with E-state index in [2.05, 4.69) is 48.8 Å². The molecule has 1 N–H and O–H groups in total. The first-order chi connectivity index (χ1) is 7.90. The second kappa shape index (κ2) is 3.91. The summed E-state index contributed by atoms with van der Waals surface area (Å²) in [6, 6.07) is 13.8. The molecule has 0 amide bonds. The van der Waals surface area contributed by atoms with Crippen molar-refractivity contribution in [3.8, 4) is 0 Å². The van der Waals surface area contributed by atoms with Gasteiger partial charge in [-0.05, 0) is 48.2 Å². The highest BCUT2D eigenvalue weighted by Gasteiger charge is 2.20. The summed E-state index contributed by atoms with van der Waals surface area (Å²) in [5.41, 5.74) is 3.07. The van der Waals surface area contributed by atoms with Crippen molar-refractivity contribution >= 4 is 10.8 Å². The summed E-state index contributed by atoms with van der Waals surface area (Å²) in [7, 11) is 2.07. The highest BCUT2D eigenvalue weighted by Crippen LogP contribution is 2.34. The van der Waals surface area contributed by atoms with E-state index in [1.165, 1.54) is 41.2 Å². The van der Waals surface area contributed by atoms with Crippen LogP contribution in [0.15, 0.2) is 36.4 Å². The van der Waals surface area contributed by atoms with Crippen molar-refractivity contribution in [1.29, 1.82) is 0 Å². The monoisotopic (exact) mass is 211 g/mol. The van der Waals surface area contributed by atoms with E-state index in [1.54, 1.807) is 0 Å². The SMILES string of the molecule is CN[C@@H]1CCCc2ccc3ccccc3c21. The molecule has 3 rings (SSSR count). The van der Waals surface area contributed by atoms with Crippen LogP contribution in [0.25, 0.3) is 10.8 Å². The Kier molecular flexibility index (Phi) is 2.41. The summed E-state index contributed by atoms with van der Waals surface area (Å²) < 4.78 is 0. The maximum Gasteiger partial charge on any atom is 0.0326 e. The van der Waals surface area contributed by atoms with Crippen LogP contribution in [0.3, 0.4) is 0 Å². The van der Waals surface area contributed by atoms with Crippen molar-refractivity contribution < 1.29 is 0 Å². The lowest BCUT2D eigenvalue weighted by atomic mass is 9.84. The molecule has 1 heteroatoms. The largest absolute Gasteiger partial charge is 0.313 e. The minimum Gasteiger partial charge on any atom is -0.313 e. The number of rotatable bonds is 1. The fourth-order valence-electron chi connectivity index (χ4n) is 2.90. The third kappa shape index (κ3) is 1.43. The fourth-order valence-corrected chi connectivity index (χ4v) is 2.90. The molecule has 0 bridgehead atoms. The van der Waals surface area contributed by atoms with Crippen molar-refractivity contribution in [2.24, 2.45) is 0 Å². The standard InChI is InChI=1S/C15H17N/c1-16-14-8-4-6-12-10-9-11-5-2-3-7-13(11)15(12)14/h2-3,5,7,9-10,14,16H,4,6,8H2,1H3/t14-/m1/s1. The highest BCUT2D eigenvalue weighted by atomic mass is 14.9. The van der Waals surface area contributed by atoms with Gasteiger partial charge in [-0.25, -0.2) is 0 Å². The number of benzene rings is 2. The van der Waals surface area contributed by atoms with Crippen LogP contribution < -0.4 is 5.32 Å². The van der Waals surface area contributed by atoms with Gasteiger partial charge in [0.1, 0.15) is 0 Å². The highest BCUT2D eigenvalue weighted by molar-refractivity contribution is 5.87. The number of nitrogens with one attached hydrogen (secondary N) is 1. The third-order valence-corrected chi connectivity index (χ3v) is 3.70. The molecule has 0 aromatic heterocycles. The number of hydrogen-bond acceptors (Lipinski definition) is 1. The molecule has 0 fully saturated rings. The number of hydrogen-bond donors (Lipinski definition) is 1. The number of fused-ring (bicyclic) bond motifs is 3. The van der Waals surface area contributed by atoms with Crippen molar-refractivity contribution in [2.75, 3.05) is 7.05 Å². The number of aryl methyl sites for hydroxylation is 1. The van der Waals surface area contributed by atoms with Gasteiger partial charge in [0.25, 0.3) is 0 Å². The topological polar surface area (TPSA) is 12.0 Å². The van der Waals surface area contributed by atoms with Gasteiger partial charge in [0.05, 0.1) is 0 Å². The fraction of sp³-hybridized carbons (Fsp3) is 0.333. The van der Waals surface area contributed by atoms with Crippen LogP contribution in [0.2, 0.25) is 0 Å². The van der Waals surface area contributed by atoms with E-state index in [0.29, 0.717) is 6.04 Å². The van der Waals surface area contributed by atoms with Crippen molar-refractivity contribution in [1.82, 2.24) is 5.32 Å². The van der Waals surface area contributed by atoms with E-state index in [0.717, 1.165) is 0 Å². The molecule has 82 valence electrons. The Bertz CT molecular complexity index is 516. The average Bonchev–Trinajstić information content (AvgIpc) is 2.37. The molecule has 1 nitrogen and oxygen atoms in total. The van der Waals surface area contributed by atoms with Crippen molar-refractivity contribution in [2.45, 2.75) is 25.3 Å². The summed E-state index contributed by atoms with van der Waals surface area (Å²) in [5.74, 6) is 0. The third-order valence-electron chi connectivity index (χ3n) is 3.70. The van der Waals surface area contributed by atoms with Gasteiger partial charge >= 0.3 is 0 Å². The summed E-state index contributed by atoms with van der Waals surface area (Å²) >= 11 is 0. The van der Waals surface area contributed by atoms with Gasteiger partial charge in [0.2, 0.25) is 0 Å². The first kappa shape index (κ1) is 9.86. The second-order valence-electron chi connectivity index (χ2n) is 4.59. The first-order valence-corrected chi connectivity index (χ1v) is 6.08. The Morgan fingerprint density at radius 2 is 2.00 bits per heavy atom. The minimum atomic E-state index is 0.537. The molecule has 0 saturated heterocycles. The van der Waals surface area contributed by atoms with E-state index in [4.69, 9.17) is 0 Å². The molecule has 16 heavy (non-hydrogen) atoms. The molecular formula is C15H17N. The lowest BCUT2D eigenvalue weighted by molar-refractivity contribution is 0.500. The lowest BCUT2D eigenvalue weighted by Gasteiger charge is -2.26. The van der Waals surface area contributed by atoms with Crippen LogP contribution in [-0.2, 0) is 6.42 Å². The molecule has 2 aromatic rings. The molecule has 1 atom stereocenters. The molecule has 0 unspecified atom stereocenters. The summed E-state index contributed by atoms with van der Waals surface area (Å²) in [6.45, 7) is 0. The van der Waals surface area contributed by atoms with Crippen LogP contribution in [0.5, 0.6) is 0 Å². The van der Waals surface area contributed by atoms with Crippen LogP contribution in [0.4, 0.5) is 0 Å². The molecular weight excluding hydrogens is 194 g/mol. The summed E-state index contributed by atoms with van der Waals surface area (Å²) in [4.78, 5) is 0. The zero-order valence-electron chi connectivity index (χ0n) is 9.66. The molecule has 0 radical (unpaired) electrons. The Hall–Kier alpha value is -1.34. The predicted molar refractivity (Wildman–Crippen MR) is 68.7 cm³/mol. The van der Waals surface area contributed by atoms with E-state index in [9.17, 15) is 0 Å². The molecule has 0 aliphatic heterocycles. The van der Waals surface area contributed by atoms with Gasteiger partial charge in [-0.15, -0.1) is 0 Å². The smallest absolute Gasteiger partial charge is 0.0326 e. The zero-order valence-corrected chi connectivity index (χ0v) is 9.66. The van der Waals surface area contributed by atoms with Gasteiger partial charge in [-0.3, -0.25) is 0 Å². The molecule has 0 spiro atoms. The van der Waals surface area contributed by atoms with Crippen LogP contribution in [-0.4, -0.2) is 7.05 Å². The molecule has 2 aromatic carbocycles. The summed E-state index contributed by atoms with van der Waals surface area (Å²) in [5, 5.41) is 6.25. The Morgan fingerprint density at radius 1 is 1.12 bits per heavy atom. The minimum absolute atomic E-state index is 0.537. The first-order valence-electron chi connectivity index (χ1n) is 6.08. The van der Waals surface area contributed by atoms with E-state index < -0.39 is 0 Å². The molecule has 1 aliphatic carbocycles. The average molecular weight is 211 g/mol. The maximum atomic E-state index is 3.45. The van der Waals surface area contributed by atoms with Gasteiger partial charge < -0.3 is 5.32 Å². The normalized spacial score (nSPS) is 19.7. The predicted octanol–water partition coefficient (Wildman–Crippen LogP) is 3.44. The van der Waals surface area contributed by atoms with E-state index in [1.807, 2.05) is 0 Å². The Labute approximate surface area is 96.5 Å². The van der Waals surface area contributed by atoms with Gasteiger partial charge in [0, 0.05) is 6.04 Å². The van der Waals surface area contributed by atoms with E-state index >= 15 is 0 Å². The van der Waals surface area contributed by atoms with Crippen molar-refractivity contribution in [3.05, 3.63) is 47.5 Å². The quantitative estimate of drug-likeness (QED) is 0.762. The maximum absolute atomic E-state index is 3.45. The van der Waals surface area contributed by atoms with E-state index in [-0.39, 0.29) is 0 Å². The van der Waals surface area contributed by atoms with Crippen molar-refractivity contribution in [3.63, 3.8) is 0 Å². The molecule has 0 saturated carbocycles. The molecule has 1 aliphatic rings. The lowest BCUT2D eigenvalue weighted by Crippen LogP contribution is -2.21. The van der Waals surface area contributed by atoms with Crippen LogP contribution in [0.1, 0.15) is 30.0 Å². The van der Waals surface area contributed by atoms with Gasteiger partial charge in [-0.2, -0.15) is 0 Å².